The zero-order valence-electron chi connectivity index (χ0n) is 15.7. The van der Waals surface area contributed by atoms with E-state index in [2.05, 4.69) is 5.32 Å². The number of ether oxygens (including phenoxy) is 1. The summed E-state index contributed by atoms with van der Waals surface area (Å²) in [6.07, 6.45) is 0.0407. The van der Waals surface area contributed by atoms with Crippen LogP contribution in [0.1, 0.15) is 35.0 Å². The Kier molecular flexibility index (Phi) is 5.18. The number of aryl methyl sites for hydroxylation is 1. The molecule has 1 aliphatic rings. The summed E-state index contributed by atoms with van der Waals surface area (Å²) in [5.74, 6) is -0.668. The molecule has 1 atom stereocenters. The first-order valence-corrected chi connectivity index (χ1v) is 8.65. The van der Waals surface area contributed by atoms with Gasteiger partial charge in [-0.05, 0) is 38.1 Å². The Morgan fingerprint density at radius 1 is 1.32 bits per heavy atom. The summed E-state index contributed by atoms with van der Waals surface area (Å²) in [6.45, 7) is 3.09. The number of nitrogens with one attached hydrogen (secondary N) is 1. The van der Waals surface area contributed by atoms with Crippen LogP contribution in [0.4, 0.5) is 11.6 Å². The third kappa shape index (κ3) is 3.47. The number of anilines is 2. The highest BCUT2D eigenvalue weighted by Gasteiger charge is 2.36. The van der Waals surface area contributed by atoms with Crippen LogP contribution in [0.25, 0.3) is 0 Å². The van der Waals surface area contributed by atoms with E-state index in [4.69, 9.17) is 9.15 Å². The number of nitrogens with zero attached hydrogens (tertiary/aromatic N) is 2. The first-order valence-electron chi connectivity index (χ1n) is 8.65. The van der Waals surface area contributed by atoms with Crippen LogP contribution in [0.3, 0.4) is 0 Å². The maximum absolute atomic E-state index is 12.6. The Bertz CT molecular complexity index is 985. The normalized spacial score (nSPS) is 16.0. The highest BCUT2D eigenvalue weighted by Crippen LogP contribution is 2.30. The van der Waals surface area contributed by atoms with Crippen molar-refractivity contribution < 1.29 is 23.5 Å². The Morgan fingerprint density at radius 2 is 2.00 bits per heavy atom. The number of rotatable bonds is 5. The Labute approximate surface area is 161 Å². The number of carbonyl (C=O) groups is 3. The predicted octanol–water partition coefficient (Wildman–Crippen LogP) is 2.66. The molecule has 2 aromatic rings. The predicted molar refractivity (Wildman–Crippen MR) is 100 cm³/mol. The van der Waals surface area contributed by atoms with Gasteiger partial charge in [-0.1, -0.05) is 0 Å². The van der Waals surface area contributed by atoms with E-state index in [1.54, 1.807) is 38.3 Å². The molecule has 28 heavy (non-hydrogen) atoms. The third-order valence-corrected chi connectivity index (χ3v) is 4.66. The minimum absolute atomic E-state index is 0.00492. The molecule has 0 spiro atoms. The zero-order chi connectivity index (χ0) is 20.4. The van der Waals surface area contributed by atoms with Crippen molar-refractivity contribution in [2.75, 3.05) is 23.9 Å². The minimum Gasteiger partial charge on any atom is -0.497 e. The zero-order valence-corrected chi connectivity index (χ0v) is 15.7. The lowest BCUT2D eigenvalue weighted by atomic mass is 10.1. The molecule has 0 saturated carbocycles. The molecule has 2 heterocycles. The number of hydrogen-bond donors (Lipinski definition) is 1. The van der Waals surface area contributed by atoms with Crippen molar-refractivity contribution in [3.05, 3.63) is 41.2 Å². The van der Waals surface area contributed by atoms with E-state index in [9.17, 15) is 19.6 Å². The lowest BCUT2D eigenvalue weighted by Gasteiger charge is -2.17. The maximum atomic E-state index is 12.6. The monoisotopic (exact) mass is 381 g/mol. The molecule has 8 heteroatoms. The van der Waals surface area contributed by atoms with Crippen molar-refractivity contribution in [1.82, 2.24) is 0 Å². The molecule has 0 unspecified atom stereocenters. The number of benzene rings is 1. The molecular formula is C20H19N3O5. The van der Waals surface area contributed by atoms with Crippen molar-refractivity contribution in [3.8, 4) is 11.8 Å². The smallest absolute Gasteiger partial charge is 0.232 e. The molecule has 0 radical (unpaired) electrons. The SMILES string of the molecule is COc1ccc(N2C[C@H](C(=O)Nc3oc(C)c(C(C)=O)c3C#N)CC2=O)cc1. The van der Waals surface area contributed by atoms with E-state index in [0.717, 1.165) is 0 Å². The molecule has 1 aliphatic heterocycles. The summed E-state index contributed by atoms with van der Waals surface area (Å²) in [5, 5.41) is 11.9. The van der Waals surface area contributed by atoms with E-state index in [0.29, 0.717) is 11.4 Å². The second-order valence-corrected chi connectivity index (χ2v) is 6.50. The van der Waals surface area contributed by atoms with Crippen LogP contribution in [0.15, 0.2) is 28.7 Å². The first-order chi connectivity index (χ1) is 13.3. The standard InChI is InChI=1S/C20H19N3O5/c1-11(24)18-12(2)28-20(16(18)9-21)22-19(26)13-8-17(25)23(10-13)14-4-6-15(27-3)7-5-14/h4-7,13H,8,10H2,1-3H3,(H,22,26)/t13-/m1/s1. The van der Waals surface area contributed by atoms with E-state index in [1.807, 2.05) is 6.07 Å². The first kappa shape index (κ1) is 19.2. The molecule has 1 fully saturated rings. The second kappa shape index (κ2) is 7.56. The Morgan fingerprint density at radius 3 is 2.57 bits per heavy atom. The van der Waals surface area contributed by atoms with Gasteiger partial charge in [-0.2, -0.15) is 5.26 Å². The van der Waals surface area contributed by atoms with Gasteiger partial charge >= 0.3 is 0 Å². The van der Waals surface area contributed by atoms with Crippen LogP contribution in [0.2, 0.25) is 0 Å². The highest BCUT2D eigenvalue weighted by atomic mass is 16.5. The average molecular weight is 381 g/mol. The molecule has 0 aliphatic carbocycles. The van der Waals surface area contributed by atoms with Crippen LogP contribution < -0.4 is 15.0 Å². The van der Waals surface area contributed by atoms with E-state index >= 15 is 0 Å². The molecule has 2 amide bonds. The van der Waals surface area contributed by atoms with E-state index in [1.165, 1.54) is 11.8 Å². The van der Waals surface area contributed by atoms with Gasteiger partial charge in [0.15, 0.2) is 5.78 Å². The maximum Gasteiger partial charge on any atom is 0.232 e. The van der Waals surface area contributed by atoms with Gasteiger partial charge in [0.05, 0.1) is 18.6 Å². The molecule has 1 saturated heterocycles. The molecule has 8 nitrogen and oxygen atoms in total. The Hall–Kier alpha value is -3.60. The Balaban J connectivity index is 1.76. The molecule has 144 valence electrons. The lowest BCUT2D eigenvalue weighted by molar-refractivity contribution is -0.122. The molecule has 1 N–H and O–H groups in total. The fourth-order valence-electron chi connectivity index (χ4n) is 3.27. The number of carbonyl (C=O) groups excluding carboxylic acids is 3. The van der Waals surface area contributed by atoms with Gasteiger partial charge < -0.3 is 14.1 Å². The summed E-state index contributed by atoms with van der Waals surface area (Å²) in [7, 11) is 1.56. The summed E-state index contributed by atoms with van der Waals surface area (Å²) >= 11 is 0. The number of nitriles is 1. The van der Waals surface area contributed by atoms with Crippen LogP contribution in [0.5, 0.6) is 5.75 Å². The number of hydrogen-bond acceptors (Lipinski definition) is 6. The fourth-order valence-corrected chi connectivity index (χ4v) is 3.27. The van der Waals surface area contributed by atoms with Gasteiger partial charge in [-0.3, -0.25) is 19.7 Å². The highest BCUT2D eigenvalue weighted by molar-refractivity contribution is 6.05. The topological polar surface area (TPSA) is 113 Å². The van der Waals surface area contributed by atoms with Gasteiger partial charge in [-0.25, -0.2) is 0 Å². The van der Waals surface area contributed by atoms with Crippen LogP contribution >= 0.6 is 0 Å². The van der Waals surface area contributed by atoms with Gasteiger partial charge in [0.25, 0.3) is 0 Å². The minimum atomic E-state index is -0.604. The second-order valence-electron chi connectivity index (χ2n) is 6.50. The quantitative estimate of drug-likeness (QED) is 0.797. The third-order valence-electron chi connectivity index (χ3n) is 4.66. The van der Waals surface area contributed by atoms with Crippen LogP contribution in [-0.4, -0.2) is 31.3 Å². The van der Waals surface area contributed by atoms with E-state index in [-0.39, 0.29) is 47.4 Å². The number of furan rings is 1. The number of ketones is 1. The van der Waals surface area contributed by atoms with Gasteiger partial charge in [0, 0.05) is 18.7 Å². The van der Waals surface area contributed by atoms with E-state index < -0.39 is 11.8 Å². The van der Waals surface area contributed by atoms with Gasteiger partial charge in [0.1, 0.15) is 23.1 Å². The molecule has 0 bridgehead atoms. The summed E-state index contributed by atoms with van der Waals surface area (Å²) in [4.78, 5) is 38.2. The number of methoxy groups -OCH3 is 1. The lowest BCUT2D eigenvalue weighted by Crippen LogP contribution is -2.28. The van der Waals surface area contributed by atoms with Crippen molar-refractivity contribution in [2.45, 2.75) is 20.3 Å². The largest absolute Gasteiger partial charge is 0.497 e. The van der Waals surface area contributed by atoms with Gasteiger partial charge in [0.2, 0.25) is 17.7 Å². The van der Waals surface area contributed by atoms with Crippen LogP contribution in [-0.2, 0) is 9.59 Å². The molecular weight excluding hydrogens is 362 g/mol. The van der Waals surface area contributed by atoms with Crippen molar-refractivity contribution in [3.63, 3.8) is 0 Å². The number of Topliss-reactive ketones (excluding diaryl/α,β-unsaturated/α-hetero) is 1. The fraction of sp³-hybridized carbons (Fsp3) is 0.300. The van der Waals surface area contributed by atoms with Crippen molar-refractivity contribution in [2.24, 2.45) is 5.92 Å². The van der Waals surface area contributed by atoms with Gasteiger partial charge in [-0.15, -0.1) is 0 Å². The average Bonchev–Trinajstić information content (AvgIpc) is 3.21. The summed E-state index contributed by atoms with van der Waals surface area (Å²) in [6, 6.07) is 8.88. The van der Waals surface area contributed by atoms with Crippen molar-refractivity contribution in [1.29, 1.82) is 5.26 Å². The summed E-state index contributed by atoms with van der Waals surface area (Å²) < 4.78 is 10.5. The number of amides is 2. The molecule has 1 aromatic heterocycles. The van der Waals surface area contributed by atoms with Crippen molar-refractivity contribution >= 4 is 29.2 Å². The van der Waals surface area contributed by atoms with Crippen LogP contribution in [0, 0.1) is 24.2 Å². The molecule has 3 rings (SSSR count). The molecule has 1 aromatic carbocycles. The summed E-state index contributed by atoms with van der Waals surface area (Å²) in [5.41, 5.74) is 0.821.